The third-order valence-electron chi connectivity index (χ3n) is 9.74. The molecule has 0 bridgehead atoms. The Morgan fingerprint density at radius 2 is 0.837 bits per heavy atom. The summed E-state index contributed by atoms with van der Waals surface area (Å²) < 4.78 is 44.7. The van der Waals surface area contributed by atoms with Crippen LogP contribution in [0.5, 0.6) is 0 Å². The zero-order valence-electron chi connectivity index (χ0n) is 30.4. The van der Waals surface area contributed by atoms with Crippen LogP contribution in [0.1, 0.15) is 5.48 Å². The van der Waals surface area contributed by atoms with Crippen LogP contribution in [0.2, 0.25) is 0 Å². The van der Waals surface area contributed by atoms with Crippen LogP contribution in [0, 0.1) is 0 Å². The largest absolute Gasteiger partial charge is 0.455 e. The molecule has 10 aromatic rings. The average molecular weight is 627 g/mol. The quantitative estimate of drug-likeness (QED) is 0.177. The molecule has 0 aliphatic rings. The van der Waals surface area contributed by atoms with Gasteiger partial charge < -0.3 is 4.42 Å². The molecule has 10 rings (SSSR count). The molecule has 9 aromatic carbocycles. The highest BCUT2D eigenvalue weighted by Crippen LogP contribution is 2.45. The first-order valence-electron chi connectivity index (χ1n) is 18.5. The second kappa shape index (κ2) is 11.1. The van der Waals surface area contributed by atoms with Gasteiger partial charge in [0.1, 0.15) is 11.2 Å². The van der Waals surface area contributed by atoms with Crippen LogP contribution >= 0.6 is 0 Å². The summed E-state index contributed by atoms with van der Waals surface area (Å²) in [4.78, 5) is 0. The fourth-order valence-corrected chi connectivity index (χ4v) is 7.62. The number of hydrogen-bond donors (Lipinski definition) is 0. The molecule has 0 atom stereocenters. The van der Waals surface area contributed by atoms with Gasteiger partial charge in [0.2, 0.25) is 0 Å². The minimum Gasteiger partial charge on any atom is -0.455 e. The van der Waals surface area contributed by atoms with Gasteiger partial charge in [0.15, 0.2) is 0 Å². The van der Waals surface area contributed by atoms with Crippen molar-refractivity contribution in [2.45, 2.75) is 0 Å². The van der Waals surface area contributed by atoms with Crippen molar-refractivity contribution in [3.8, 4) is 44.5 Å². The van der Waals surface area contributed by atoms with E-state index in [9.17, 15) is 5.48 Å². The van der Waals surface area contributed by atoms with Crippen molar-refractivity contribution >= 4 is 54.3 Å². The Kier molecular flexibility index (Phi) is 5.38. The molecule has 0 aliphatic heterocycles. The number of benzene rings is 9. The number of para-hydroxylation sites is 1. The van der Waals surface area contributed by atoms with Crippen LogP contribution < -0.4 is 0 Å². The van der Waals surface area contributed by atoms with E-state index in [1.165, 1.54) is 0 Å². The van der Waals surface area contributed by atoms with Crippen LogP contribution in [0.15, 0.2) is 186 Å². The average Bonchev–Trinajstić information content (AvgIpc) is 3.60. The summed E-state index contributed by atoms with van der Waals surface area (Å²) in [6.07, 6.45) is 0. The molecular weight excluding hydrogens is 593 g/mol. The Morgan fingerprint density at radius 3 is 1.55 bits per heavy atom. The van der Waals surface area contributed by atoms with Crippen LogP contribution in [-0.4, -0.2) is 0 Å². The van der Waals surface area contributed by atoms with E-state index < -0.39 is 0 Å². The Balaban J connectivity index is 1.23. The van der Waals surface area contributed by atoms with Gasteiger partial charge >= 0.3 is 0 Å². The van der Waals surface area contributed by atoms with Crippen LogP contribution in [0.3, 0.4) is 0 Å². The van der Waals surface area contributed by atoms with Gasteiger partial charge in [-0.05, 0) is 77.3 Å². The monoisotopic (exact) mass is 626 g/mol. The lowest BCUT2D eigenvalue weighted by molar-refractivity contribution is 0.670. The van der Waals surface area contributed by atoms with Crippen molar-refractivity contribution in [2.75, 3.05) is 0 Å². The molecule has 0 fully saturated rings. The molecule has 1 aromatic heterocycles. The van der Waals surface area contributed by atoms with Crippen LogP contribution in [-0.2, 0) is 0 Å². The second-order valence-corrected chi connectivity index (χ2v) is 12.4. The minimum atomic E-state index is -0.108. The molecule has 228 valence electrons. The predicted molar refractivity (Wildman–Crippen MR) is 208 cm³/mol. The maximum atomic E-state index is 9.55. The van der Waals surface area contributed by atoms with Crippen molar-refractivity contribution < 1.29 is 9.90 Å². The maximum Gasteiger partial charge on any atom is 0.143 e. The molecule has 1 nitrogen and oxygen atoms in total. The lowest BCUT2D eigenvalue weighted by Gasteiger charge is -2.18. The predicted octanol–water partition coefficient (Wildman–Crippen LogP) is 13.7. The van der Waals surface area contributed by atoms with E-state index in [0.717, 1.165) is 65.3 Å². The fourth-order valence-electron chi connectivity index (χ4n) is 7.62. The van der Waals surface area contributed by atoms with Gasteiger partial charge in [-0.1, -0.05) is 176 Å². The highest BCUT2D eigenvalue weighted by atomic mass is 16.3. The van der Waals surface area contributed by atoms with Crippen molar-refractivity contribution in [1.82, 2.24) is 0 Å². The van der Waals surface area contributed by atoms with E-state index in [2.05, 4.69) is 60.7 Å². The van der Waals surface area contributed by atoms with Crippen molar-refractivity contribution in [3.63, 3.8) is 0 Å². The van der Waals surface area contributed by atoms with Crippen LogP contribution in [0.25, 0.3) is 98.8 Å². The molecule has 49 heavy (non-hydrogen) atoms. The maximum absolute atomic E-state index is 9.55. The Labute approximate surface area is 289 Å². The van der Waals surface area contributed by atoms with Gasteiger partial charge in [-0.2, -0.15) is 0 Å². The Hall–Kier alpha value is -6.44. The van der Waals surface area contributed by atoms with E-state index in [1.54, 1.807) is 0 Å². The molecule has 0 amide bonds. The van der Waals surface area contributed by atoms with Crippen molar-refractivity contribution in [2.24, 2.45) is 0 Å². The minimum absolute atomic E-state index is 0.0895. The normalized spacial score (nSPS) is 12.8. The third kappa shape index (κ3) is 4.33. The number of fused-ring (bicyclic) bond motifs is 6. The molecule has 0 unspecified atom stereocenters. The highest BCUT2D eigenvalue weighted by molar-refractivity contribution is 6.22. The van der Waals surface area contributed by atoms with Crippen molar-refractivity contribution in [1.29, 1.82) is 0 Å². The first-order valence-corrected chi connectivity index (χ1v) is 16.5. The van der Waals surface area contributed by atoms with E-state index in [0.29, 0.717) is 22.3 Å². The topological polar surface area (TPSA) is 13.1 Å². The molecule has 0 N–H and O–H groups in total. The summed E-state index contributed by atoms with van der Waals surface area (Å²) in [7, 11) is 0. The zero-order valence-corrected chi connectivity index (χ0v) is 26.4. The SMILES string of the molecule is [2H]c1c([2H])c(-c2cccc3c2oc2cccc(-c4cccc5ccccc45)c23)c([2H])c([2H])c1-c1c2ccccc2c(-c2ccccc2)c2ccccc12. The molecule has 0 saturated heterocycles. The summed E-state index contributed by atoms with van der Waals surface area (Å²) in [6, 6.07) is 52.4. The molecular formula is C48H30O. The zero-order chi connectivity index (χ0) is 35.8. The van der Waals surface area contributed by atoms with Gasteiger partial charge in [-0.15, -0.1) is 0 Å². The van der Waals surface area contributed by atoms with Gasteiger partial charge in [0.25, 0.3) is 0 Å². The summed E-state index contributed by atoms with van der Waals surface area (Å²) in [6.45, 7) is 0. The summed E-state index contributed by atoms with van der Waals surface area (Å²) in [5, 5.41) is 7.82. The Bertz CT molecular complexity index is 3020. The van der Waals surface area contributed by atoms with Crippen LogP contribution in [0.4, 0.5) is 0 Å². The third-order valence-corrected chi connectivity index (χ3v) is 9.74. The summed E-state index contributed by atoms with van der Waals surface area (Å²) >= 11 is 0. The molecule has 0 spiro atoms. The Morgan fingerprint density at radius 1 is 0.347 bits per heavy atom. The molecule has 0 aliphatic carbocycles. The van der Waals surface area contributed by atoms with Gasteiger partial charge in [-0.3, -0.25) is 0 Å². The van der Waals surface area contributed by atoms with E-state index in [4.69, 9.17) is 4.42 Å². The first-order chi connectivity index (χ1) is 26.0. The fraction of sp³-hybridized carbons (Fsp3) is 0. The molecule has 1 heteroatoms. The van der Waals surface area contributed by atoms with Gasteiger partial charge in [0, 0.05) is 16.3 Å². The molecule has 0 saturated carbocycles. The summed E-state index contributed by atoms with van der Waals surface area (Å²) in [5.41, 5.74) is 7.22. The van der Waals surface area contributed by atoms with E-state index in [-0.39, 0.29) is 35.3 Å². The smallest absolute Gasteiger partial charge is 0.143 e. The number of hydrogen-bond acceptors (Lipinski definition) is 1. The number of rotatable bonds is 4. The van der Waals surface area contributed by atoms with E-state index >= 15 is 0 Å². The number of furan rings is 1. The second-order valence-electron chi connectivity index (χ2n) is 12.4. The van der Waals surface area contributed by atoms with Gasteiger partial charge in [0.05, 0.1) is 5.48 Å². The van der Waals surface area contributed by atoms with E-state index in [1.807, 2.05) is 97.1 Å². The molecule has 0 radical (unpaired) electrons. The van der Waals surface area contributed by atoms with Gasteiger partial charge in [-0.25, -0.2) is 0 Å². The lowest BCUT2D eigenvalue weighted by atomic mass is 9.85. The molecule has 1 heterocycles. The highest BCUT2D eigenvalue weighted by Gasteiger charge is 2.19. The standard InChI is InChI=1S/C48H30O/c1-2-14-33(15-3-1)45-39-18-6-8-20-41(39)46(42-21-9-7-19-40(42)45)34-29-27-32(28-30-34)36-22-11-25-43-47-38(24-12-26-44(47)49-48(36)43)37-23-10-16-31-13-4-5-17-35(31)37/h1-30H/i27D,28D,29D,30D. The first kappa shape index (κ1) is 23.8. The van der Waals surface area contributed by atoms with Crippen molar-refractivity contribution in [3.05, 3.63) is 182 Å². The lowest BCUT2D eigenvalue weighted by Crippen LogP contribution is -1.90. The summed E-state index contributed by atoms with van der Waals surface area (Å²) in [5.74, 6) is 0.